The molecule has 1 aliphatic heterocycles. The number of rotatable bonds is 4. The maximum Gasteiger partial charge on any atom is 0.131 e. The van der Waals surface area contributed by atoms with Crippen LogP contribution in [0, 0.1) is 0 Å². The second kappa shape index (κ2) is 9.23. The van der Waals surface area contributed by atoms with Crippen molar-refractivity contribution in [2.24, 2.45) is 0 Å². The van der Waals surface area contributed by atoms with Crippen LogP contribution in [-0.2, 0) is 19.5 Å². The largest absolute Gasteiger partial charge is 0.294 e. The van der Waals surface area contributed by atoms with Gasteiger partial charge in [-0.1, -0.05) is 48.5 Å². The molecule has 3 aromatic rings. The van der Waals surface area contributed by atoms with E-state index in [1.165, 1.54) is 48.9 Å². The molecule has 1 aromatic carbocycles. The summed E-state index contributed by atoms with van der Waals surface area (Å²) >= 11 is 12.3. The van der Waals surface area contributed by atoms with Crippen LogP contribution in [0.3, 0.4) is 0 Å². The van der Waals surface area contributed by atoms with Gasteiger partial charge in [0.25, 0.3) is 0 Å². The van der Waals surface area contributed by atoms with E-state index in [0.29, 0.717) is 16.0 Å². The molecule has 1 aliphatic carbocycles. The van der Waals surface area contributed by atoms with Gasteiger partial charge in [0.1, 0.15) is 5.82 Å². The molecule has 0 N–H and O–H groups in total. The fourth-order valence-electron chi connectivity index (χ4n) is 4.73. The quantitative estimate of drug-likeness (QED) is 0.455. The van der Waals surface area contributed by atoms with E-state index in [-0.39, 0.29) is 0 Å². The topological polar surface area (TPSA) is 41.9 Å². The van der Waals surface area contributed by atoms with Crippen LogP contribution in [0.5, 0.6) is 0 Å². The van der Waals surface area contributed by atoms with Crippen molar-refractivity contribution in [3.8, 4) is 11.3 Å². The van der Waals surface area contributed by atoms with Crippen LogP contribution < -0.4 is 0 Å². The molecule has 1 fully saturated rings. The predicted molar refractivity (Wildman–Crippen MR) is 125 cm³/mol. The molecule has 0 atom stereocenters. The summed E-state index contributed by atoms with van der Waals surface area (Å²) in [7, 11) is 0. The van der Waals surface area contributed by atoms with E-state index in [1.54, 1.807) is 6.07 Å². The first kappa shape index (κ1) is 20.9. The summed E-state index contributed by atoms with van der Waals surface area (Å²) in [6.45, 7) is 2.78. The normalized spacial score (nSPS) is 17.5. The van der Waals surface area contributed by atoms with Crippen molar-refractivity contribution in [2.45, 2.75) is 57.5 Å². The van der Waals surface area contributed by atoms with Gasteiger partial charge in [-0.15, -0.1) is 0 Å². The van der Waals surface area contributed by atoms with Crippen LogP contribution in [-0.4, -0.2) is 26.4 Å². The molecule has 6 heteroatoms. The van der Waals surface area contributed by atoms with Crippen molar-refractivity contribution in [1.82, 2.24) is 19.9 Å². The zero-order valence-electron chi connectivity index (χ0n) is 17.5. The zero-order valence-corrected chi connectivity index (χ0v) is 19.0. The van der Waals surface area contributed by atoms with Crippen molar-refractivity contribution in [3.05, 3.63) is 75.4 Å². The van der Waals surface area contributed by atoms with Crippen LogP contribution in [0.4, 0.5) is 0 Å². The molecule has 0 unspecified atom stereocenters. The third-order valence-corrected chi connectivity index (χ3v) is 6.83. The minimum atomic E-state index is 0.566. The van der Waals surface area contributed by atoms with E-state index in [4.69, 9.17) is 33.2 Å². The Hall–Kier alpha value is -2.01. The smallest absolute Gasteiger partial charge is 0.131 e. The Balaban J connectivity index is 1.24. The van der Waals surface area contributed by atoms with Gasteiger partial charge in [0, 0.05) is 71.2 Å². The van der Waals surface area contributed by atoms with Crippen LogP contribution in [0.15, 0.2) is 42.7 Å². The molecule has 0 spiro atoms. The Morgan fingerprint density at radius 2 is 1.74 bits per heavy atom. The lowest BCUT2D eigenvalue weighted by atomic mass is 9.88. The van der Waals surface area contributed by atoms with Gasteiger partial charge in [-0.2, -0.15) is 0 Å². The summed E-state index contributed by atoms with van der Waals surface area (Å²) in [5.74, 6) is 1.64. The van der Waals surface area contributed by atoms with E-state index in [0.717, 1.165) is 43.1 Å². The second-order valence-corrected chi connectivity index (χ2v) is 9.58. The van der Waals surface area contributed by atoms with Gasteiger partial charge in [-0.3, -0.25) is 9.88 Å². The van der Waals surface area contributed by atoms with Crippen LogP contribution in [0.1, 0.15) is 60.7 Å². The van der Waals surface area contributed by atoms with Crippen molar-refractivity contribution >= 4 is 23.2 Å². The molecular formula is C25H26Cl2N4. The van der Waals surface area contributed by atoms with Gasteiger partial charge in [0.2, 0.25) is 0 Å². The number of aromatic nitrogens is 3. The third kappa shape index (κ3) is 4.92. The maximum atomic E-state index is 6.13. The molecule has 1 saturated carbocycles. The van der Waals surface area contributed by atoms with E-state index in [1.807, 2.05) is 24.4 Å². The number of halogens is 2. The summed E-state index contributed by atoms with van der Waals surface area (Å²) in [5, 5.41) is 1.24. The van der Waals surface area contributed by atoms with Gasteiger partial charge < -0.3 is 0 Å². The van der Waals surface area contributed by atoms with E-state index in [2.05, 4.69) is 22.1 Å². The number of hydrogen-bond donors (Lipinski definition) is 0. The fraction of sp³-hybridized carbons (Fsp3) is 0.400. The first-order valence-corrected chi connectivity index (χ1v) is 11.9. The van der Waals surface area contributed by atoms with Crippen LogP contribution in [0.2, 0.25) is 10.0 Å². The highest BCUT2D eigenvalue weighted by Crippen LogP contribution is 2.31. The SMILES string of the molecule is Clc1cc(Cl)cc(-c2ccc(CN3CCc4nc(C5CCCCC5)ncc4C3)cn2)c1. The molecule has 2 aromatic heterocycles. The number of hydrogen-bond acceptors (Lipinski definition) is 4. The highest BCUT2D eigenvalue weighted by molar-refractivity contribution is 6.35. The van der Waals surface area contributed by atoms with Crippen molar-refractivity contribution in [1.29, 1.82) is 0 Å². The fourth-order valence-corrected chi connectivity index (χ4v) is 5.26. The van der Waals surface area contributed by atoms with E-state index >= 15 is 0 Å². The first-order chi connectivity index (χ1) is 15.1. The molecule has 31 heavy (non-hydrogen) atoms. The molecular weight excluding hydrogens is 427 g/mol. The molecule has 0 saturated heterocycles. The lowest BCUT2D eigenvalue weighted by molar-refractivity contribution is 0.242. The Kier molecular flexibility index (Phi) is 6.22. The Labute approximate surface area is 193 Å². The van der Waals surface area contributed by atoms with Gasteiger partial charge in [-0.25, -0.2) is 9.97 Å². The van der Waals surface area contributed by atoms with Gasteiger partial charge in [-0.05, 0) is 42.7 Å². The number of nitrogens with zero attached hydrogens (tertiary/aromatic N) is 4. The minimum absolute atomic E-state index is 0.566. The van der Waals surface area contributed by atoms with Gasteiger partial charge >= 0.3 is 0 Å². The van der Waals surface area contributed by atoms with Crippen LogP contribution in [0.25, 0.3) is 11.3 Å². The molecule has 0 amide bonds. The maximum absolute atomic E-state index is 6.13. The minimum Gasteiger partial charge on any atom is -0.294 e. The van der Waals surface area contributed by atoms with Crippen molar-refractivity contribution in [2.75, 3.05) is 6.54 Å². The third-order valence-electron chi connectivity index (χ3n) is 6.39. The standard InChI is InChI=1S/C25H26Cl2N4/c26-21-10-19(11-22(27)12-21)23-7-6-17(13-28-23)15-31-9-8-24-20(16-31)14-29-25(30-24)18-4-2-1-3-5-18/h6-7,10-14,18H,1-5,8-9,15-16H2. The lowest BCUT2D eigenvalue weighted by Gasteiger charge is -2.29. The van der Waals surface area contributed by atoms with E-state index in [9.17, 15) is 0 Å². The molecule has 0 radical (unpaired) electrons. The van der Waals surface area contributed by atoms with E-state index < -0.39 is 0 Å². The Morgan fingerprint density at radius 1 is 0.935 bits per heavy atom. The summed E-state index contributed by atoms with van der Waals surface area (Å²) < 4.78 is 0. The Morgan fingerprint density at radius 3 is 2.48 bits per heavy atom. The molecule has 5 rings (SSSR count). The Bertz CT molecular complexity index is 1040. The highest BCUT2D eigenvalue weighted by atomic mass is 35.5. The number of benzene rings is 1. The van der Waals surface area contributed by atoms with Gasteiger partial charge in [0.15, 0.2) is 0 Å². The summed E-state index contributed by atoms with van der Waals surface area (Å²) in [6, 6.07) is 9.68. The predicted octanol–water partition coefficient (Wildman–Crippen LogP) is 6.45. The number of fused-ring (bicyclic) bond motifs is 1. The summed E-state index contributed by atoms with van der Waals surface area (Å²) in [5.41, 5.74) is 5.52. The monoisotopic (exact) mass is 452 g/mol. The molecule has 3 heterocycles. The zero-order chi connectivity index (χ0) is 21.2. The highest BCUT2D eigenvalue weighted by Gasteiger charge is 2.22. The summed E-state index contributed by atoms with van der Waals surface area (Å²) in [4.78, 5) is 16.8. The van der Waals surface area contributed by atoms with Crippen LogP contribution >= 0.6 is 23.2 Å². The lowest BCUT2D eigenvalue weighted by Crippen LogP contribution is -2.31. The second-order valence-electron chi connectivity index (χ2n) is 8.71. The number of pyridine rings is 1. The van der Waals surface area contributed by atoms with Crippen molar-refractivity contribution in [3.63, 3.8) is 0 Å². The molecule has 0 bridgehead atoms. The average molecular weight is 453 g/mol. The van der Waals surface area contributed by atoms with Crippen molar-refractivity contribution < 1.29 is 0 Å². The average Bonchev–Trinajstić information content (AvgIpc) is 2.79. The van der Waals surface area contributed by atoms with Gasteiger partial charge in [0.05, 0.1) is 5.69 Å². The summed E-state index contributed by atoms with van der Waals surface area (Å²) in [6.07, 6.45) is 11.5. The molecule has 2 aliphatic rings. The first-order valence-electron chi connectivity index (χ1n) is 11.1. The molecule has 4 nitrogen and oxygen atoms in total. The molecule has 160 valence electrons.